The van der Waals surface area contributed by atoms with E-state index in [0.29, 0.717) is 31.7 Å². The van der Waals surface area contributed by atoms with Crippen LogP contribution in [0.3, 0.4) is 0 Å². The van der Waals surface area contributed by atoms with E-state index in [2.05, 4.69) is 4.99 Å². The number of esters is 1. The van der Waals surface area contributed by atoms with Gasteiger partial charge in [0.2, 0.25) is 0 Å². The van der Waals surface area contributed by atoms with E-state index in [1.165, 1.54) is 15.9 Å². The number of allylic oxidation sites excluding steroid dienone is 1. The highest BCUT2D eigenvalue weighted by Gasteiger charge is 2.36. The summed E-state index contributed by atoms with van der Waals surface area (Å²) in [5.41, 5.74) is 4.01. The number of amides is 1. The molecule has 9 heteroatoms. The molecule has 8 nitrogen and oxygen atoms in total. The number of thiazole rings is 1. The molecule has 5 rings (SSSR count). The zero-order valence-corrected chi connectivity index (χ0v) is 21.5. The molecule has 0 aliphatic carbocycles. The van der Waals surface area contributed by atoms with Crippen LogP contribution in [0.25, 0.3) is 5.57 Å². The van der Waals surface area contributed by atoms with Crippen molar-refractivity contribution in [3.05, 3.63) is 90.6 Å². The summed E-state index contributed by atoms with van der Waals surface area (Å²) < 4.78 is 7.19. The van der Waals surface area contributed by atoms with E-state index < -0.39 is 12.0 Å². The Bertz CT molecular complexity index is 1610. The lowest BCUT2D eigenvalue weighted by molar-refractivity contribution is -0.139. The van der Waals surface area contributed by atoms with Crippen molar-refractivity contribution in [1.82, 2.24) is 4.57 Å². The maximum absolute atomic E-state index is 14.0. The number of para-hydroxylation sites is 1. The van der Waals surface area contributed by atoms with Crippen LogP contribution in [-0.2, 0) is 14.3 Å². The second kappa shape index (κ2) is 8.91. The fourth-order valence-corrected chi connectivity index (χ4v) is 5.84. The lowest BCUT2D eigenvalue weighted by Gasteiger charge is -2.25. The molecule has 3 heterocycles. The van der Waals surface area contributed by atoms with Crippen LogP contribution in [0.5, 0.6) is 0 Å². The third kappa shape index (κ3) is 3.58. The van der Waals surface area contributed by atoms with E-state index in [1.54, 1.807) is 25.8 Å². The number of hydrogen-bond donors (Lipinski definition) is 0. The second-order valence-corrected chi connectivity index (χ2v) is 9.84. The van der Waals surface area contributed by atoms with Crippen LogP contribution < -0.4 is 24.7 Å². The smallest absolute Gasteiger partial charge is 0.338 e. The van der Waals surface area contributed by atoms with Crippen LogP contribution in [0, 0.1) is 0 Å². The minimum Gasteiger partial charge on any atom is -0.463 e. The van der Waals surface area contributed by atoms with Gasteiger partial charge in [0.25, 0.3) is 11.5 Å². The first-order valence-corrected chi connectivity index (χ1v) is 12.4. The van der Waals surface area contributed by atoms with Crippen molar-refractivity contribution in [2.45, 2.75) is 19.9 Å². The summed E-state index contributed by atoms with van der Waals surface area (Å²) in [5.74, 6) is -0.755. The molecular weight excluding hydrogens is 476 g/mol. The van der Waals surface area contributed by atoms with Crippen molar-refractivity contribution < 1.29 is 14.3 Å². The van der Waals surface area contributed by atoms with Gasteiger partial charge in [-0.15, -0.1) is 0 Å². The molecule has 184 valence electrons. The van der Waals surface area contributed by atoms with E-state index in [4.69, 9.17) is 4.74 Å². The maximum Gasteiger partial charge on any atom is 0.338 e. The standard InChI is InChI=1S/C27H26N4O4S/c1-6-35-26(34)20-15(2)28-27-31(22(20)16-11-13-17(14-12-16)29(3)4)25(33)23(36-27)21-18-9-7-8-10-19(18)30(5)24(21)32/h7-14,22H,6H2,1-5H3/b23-21-/t22-/m1/s1. The molecule has 1 amide bonds. The molecule has 1 atom stereocenters. The summed E-state index contributed by atoms with van der Waals surface area (Å²) in [6.45, 7) is 3.69. The van der Waals surface area contributed by atoms with Crippen LogP contribution in [0.15, 0.2) is 69.6 Å². The number of benzene rings is 2. The molecule has 3 aromatic rings. The van der Waals surface area contributed by atoms with Gasteiger partial charge in [0.05, 0.1) is 35.2 Å². The van der Waals surface area contributed by atoms with E-state index in [9.17, 15) is 14.4 Å². The molecule has 0 N–H and O–H groups in total. The second-order valence-electron chi connectivity index (χ2n) is 8.87. The number of anilines is 2. The monoisotopic (exact) mass is 502 g/mol. The SMILES string of the molecule is CCOC(=O)C1=C(C)N=c2s/c(=C3\C(=O)N(C)c4ccccc43)c(=O)n2[C@@H]1c1ccc(N(C)C)cc1. The number of carbonyl (C=O) groups is 2. The molecule has 0 radical (unpaired) electrons. The number of ether oxygens (including phenoxy) is 1. The van der Waals surface area contributed by atoms with Crippen molar-refractivity contribution in [2.75, 3.05) is 37.5 Å². The van der Waals surface area contributed by atoms with Crippen LogP contribution in [0.1, 0.15) is 31.0 Å². The summed E-state index contributed by atoms with van der Waals surface area (Å²) in [6.07, 6.45) is 0. The summed E-state index contributed by atoms with van der Waals surface area (Å²) in [4.78, 5) is 48.9. The van der Waals surface area contributed by atoms with Crippen LogP contribution in [0.4, 0.5) is 11.4 Å². The number of likely N-dealkylation sites (N-methyl/N-ethyl adjacent to an activating group) is 1. The van der Waals surface area contributed by atoms with Gasteiger partial charge in [-0.1, -0.05) is 41.7 Å². The Balaban J connectivity index is 1.80. The summed E-state index contributed by atoms with van der Waals surface area (Å²) in [5, 5.41) is 0. The number of aromatic nitrogens is 1. The fourth-order valence-electron chi connectivity index (χ4n) is 4.70. The Hall–Kier alpha value is -3.98. The molecule has 2 aromatic carbocycles. The van der Waals surface area contributed by atoms with Gasteiger partial charge in [0.15, 0.2) is 4.80 Å². The lowest BCUT2D eigenvalue weighted by Crippen LogP contribution is -2.40. The average Bonchev–Trinajstić information content (AvgIpc) is 3.31. The number of nitrogens with zero attached hydrogens (tertiary/aromatic N) is 4. The van der Waals surface area contributed by atoms with Crippen molar-refractivity contribution in [3.8, 4) is 0 Å². The van der Waals surface area contributed by atoms with Gasteiger partial charge in [-0.05, 0) is 37.6 Å². The fraction of sp³-hybridized carbons (Fsp3) is 0.259. The molecule has 0 unspecified atom stereocenters. The highest BCUT2D eigenvalue weighted by atomic mass is 32.1. The van der Waals surface area contributed by atoms with Gasteiger partial charge in [-0.2, -0.15) is 0 Å². The topological polar surface area (TPSA) is 84.2 Å². The van der Waals surface area contributed by atoms with E-state index >= 15 is 0 Å². The van der Waals surface area contributed by atoms with Crippen molar-refractivity contribution in [2.24, 2.45) is 4.99 Å². The number of hydrogen-bond acceptors (Lipinski definition) is 7. The lowest BCUT2D eigenvalue weighted by atomic mass is 9.95. The molecule has 0 spiro atoms. The molecule has 1 aromatic heterocycles. The third-order valence-electron chi connectivity index (χ3n) is 6.50. The Kier molecular flexibility index (Phi) is 5.88. The van der Waals surface area contributed by atoms with Gasteiger partial charge >= 0.3 is 5.97 Å². The zero-order chi connectivity index (χ0) is 25.7. The first kappa shape index (κ1) is 23.7. The quantitative estimate of drug-likeness (QED) is 0.511. The van der Waals surface area contributed by atoms with Crippen molar-refractivity contribution >= 4 is 40.2 Å². The largest absolute Gasteiger partial charge is 0.463 e. The molecule has 2 aliphatic rings. The number of rotatable bonds is 4. The average molecular weight is 503 g/mol. The van der Waals surface area contributed by atoms with E-state index in [1.807, 2.05) is 67.5 Å². The van der Waals surface area contributed by atoms with E-state index in [0.717, 1.165) is 16.9 Å². The third-order valence-corrected chi connectivity index (χ3v) is 7.55. The summed E-state index contributed by atoms with van der Waals surface area (Å²) >= 11 is 1.17. The molecule has 0 fully saturated rings. The van der Waals surface area contributed by atoms with Gasteiger partial charge in [0, 0.05) is 32.4 Å². The predicted molar refractivity (Wildman–Crippen MR) is 140 cm³/mol. The first-order chi connectivity index (χ1) is 17.2. The van der Waals surface area contributed by atoms with Gasteiger partial charge in [-0.25, -0.2) is 9.79 Å². The normalized spacial score (nSPS) is 18.1. The molecule has 36 heavy (non-hydrogen) atoms. The minimum absolute atomic E-state index is 0.202. The van der Waals surface area contributed by atoms with Gasteiger partial charge < -0.3 is 14.5 Å². The predicted octanol–water partition coefficient (Wildman–Crippen LogP) is 2.21. The van der Waals surface area contributed by atoms with Crippen LogP contribution in [0.2, 0.25) is 0 Å². The minimum atomic E-state index is -0.727. The van der Waals surface area contributed by atoms with Crippen molar-refractivity contribution in [1.29, 1.82) is 0 Å². The molecule has 0 bridgehead atoms. The summed E-state index contributed by atoms with van der Waals surface area (Å²) in [6, 6.07) is 14.4. The molecule has 0 saturated carbocycles. The Morgan fingerprint density at radius 2 is 1.81 bits per heavy atom. The Morgan fingerprint density at radius 3 is 2.47 bits per heavy atom. The first-order valence-electron chi connectivity index (χ1n) is 11.6. The molecule has 2 aliphatic heterocycles. The van der Waals surface area contributed by atoms with Crippen molar-refractivity contribution in [3.63, 3.8) is 0 Å². The van der Waals surface area contributed by atoms with Gasteiger partial charge in [-0.3, -0.25) is 14.2 Å². The zero-order valence-electron chi connectivity index (χ0n) is 20.7. The molecular formula is C27H26N4O4S. The Labute approximate surface area is 212 Å². The maximum atomic E-state index is 14.0. The summed E-state index contributed by atoms with van der Waals surface area (Å²) in [7, 11) is 5.59. The van der Waals surface area contributed by atoms with Crippen LogP contribution in [-0.4, -0.2) is 44.2 Å². The van der Waals surface area contributed by atoms with Gasteiger partial charge in [0.1, 0.15) is 4.53 Å². The highest BCUT2D eigenvalue weighted by Crippen LogP contribution is 2.35. The number of carbonyl (C=O) groups excluding carboxylic acids is 2. The Morgan fingerprint density at radius 1 is 1.11 bits per heavy atom. The molecule has 0 saturated heterocycles. The van der Waals surface area contributed by atoms with E-state index in [-0.39, 0.29) is 18.1 Å². The highest BCUT2D eigenvalue weighted by molar-refractivity contribution is 7.07. The number of fused-ring (bicyclic) bond motifs is 2. The van der Waals surface area contributed by atoms with Crippen LogP contribution >= 0.6 is 11.3 Å².